The molecule has 0 saturated carbocycles. The summed E-state index contributed by atoms with van der Waals surface area (Å²) in [5, 5.41) is 0. The maximum atomic E-state index is 13.5. The van der Waals surface area contributed by atoms with Gasteiger partial charge in [0.25, 0.3) is 0 Å². The molecule has 0 saturated heterocycles. The van der Waals surface area contributed by atoms with Crippen LogP contribution in [0, 0.1) is 5.92 Å². The average molecular weight is 600 g/mol. The molecule has 1 amide bonds. The van der Waals surface area contributed by atoms with Gasteiger partial charge in [0, 0.05) is 25.9 Å². The van der Waals surface area contributed by atoms with E-state index in [4.69, 9.17) is 14.2 Å². The van der Waals surface area contributed by atoms with E-state index in [-0.39, 0.29) is 56.8 Å². The lowest BCUT2D eigenvalue weighted by atomic mass is 9.97. The molecule has 232 valence electrons. The topological polar surface area (TPSA) is 99.2 Å². The predicted octanol–water partition coefficient (Wildman–Crippen LogP) is 6.06. The van der Waals surface area contributed by atoms with Crippen molar-refractivity contribution in [2.45, 2.75) is 64.6 Å². The Morgan fingerprint density at radius 3 is 1.89 bits per heavy atom. The minimum atomic E-state index is -0.972. The molecule has 8 nitrogen and oxygen atoms in total. The normalized spacial score (nSPS) is 12.9. The average Bonchev–Trinajstić information content (AvgIpc) is 3.31. The van der Waals surface area contributed by atoms with E-state index < -0.39 is 23.5 Å². The van der Waals surface area contributed by atoms with E-state index in [1.807, 2.05) is 66.7 Å². The first kappa shape index (κ1) is 32.5. The first-order chi connectivity index (χ1) is 21.0. The third-order valence-corrected chi connectivity index (χ3v) is 7.46. The second-order valence-corrected chi connectivity index (χ2v) is 12.1. The molecule has 0 N–H and O–H groups in total. The molecule has 1 atom stereocenters. The van der Waals surface area contributed by atoms with Gasteiger partial charge in [0.2, 0.25) is 5.91 Å². The molecular weight excluding hydrogens is 558 g/mol. The van der Waals surface area contributed by atoms with Gasteiger partial charge in [-0.2, -0.15) is 0 Å². The molecule has 3 aromatic carbocycles. The Labute approximate surface area is 259 Å². The largest absolute Gasteiger partial charge is 0.465 e. The monoisotopic (exact) mass is 599 g/mol. The summed E-state index contributed by atoms with van der Waals surface area (Å²) in [6.45, 7) is 5.84. The molecule has 0 unspecified atom stereocenters. The van der Waals surface area contributed by atoms with Crippen molar-refractivity contribution in [3.63, 3.8) is 0 Å². The molecule has 44 heavy (non-hydrogen) atoms. The third-order valence-electron chi connectivity index (χ3n) is 7.46. The highest BCUT2D eigenvalue weighted by Gasteiger charge is 2.32. The van der Waals surface area contributed by atoms with Crippen LogP contribution in [0.5, 0.6) is 0 Å². The van der Waals surface area contributed by atoms with Crippen LogP contribution in [0.3, 0.4) is 0 Å². The standard InChI is InChI=1S/C36H41NO7/c1-36(2,3)44-32(38)19-12-20-37(4)35(41)26(21-33(39)42-23-25-13-6-5-7-14-25)22-34(40)43-24-31-29-17-10-8-15-27(29)28-16-9-11-18-30(28)31/h5-11,13-18,26,31H,12,19-24H2,1-4H3/t26-/m1/s1. The number of benzene rings is 3. The molecule has 8 heteroatoms. The van der Waals surface area contributed by atoms with Crippen LogP contribution < -0.4 is 0 Å². The zero-order chi connectivity index (χ0) is 31.7. The van der Waals surface area contributed by atoms with E-state index in [2.05, 4.69) is 12.1 Å². The van der Waals surface area contributed by atoms with E-state index >= 15 is 0 Å². The SMILES string of the molecule is CN(CCCC(=O)OC(C)(C)C)C(=O)[C@H](CC(=O)OCc1ccccc1)CC(=O)OCC1c2ccccc2-c2ccccc21. The van der Waals surface area contributed by atoms with Crippen LogP contribution in [0.4, 0.5) is 0 Å². The van der Waals surface area contributed by atoms with Crippen LogP contribution in [0.15, 0.2) is 78.9 Å². The summed E-state index contributed by atoms with van der Waals surface area (Å²) < 4.78 is 16.5. The molecule has 4 rings (SSSR count). The van der Waals surface area contributed by atoms with E-state index in [9.17, 15) is 19.2 Å². The molecule has 0 radical (unpaired) electrons. The second kappa shape index (κ2) is 14.8. The Kier molecular flexibility index (Phi) is 10.9. The van der Waals surface area contributed by atoms with Gasteiger partial charge in [0.15, 0.2) is 0 Å². The van der Waals surface area contributed by atoms with E-state index in [0.717, 1.165) is 27.8 Å². The fraction of sp³-hybridized carbons (Fsp3) is 0.389. The maximum absolute atomic E-state index is 13.5. The van der Waals surface area contributed by atoms with Crippen molar-refractivity contribution >= 4 is 23.8 Å². The number of fused-ring (bicyclic) bond motifs is 3. The Balaban J connectivity index is 1.38. The second-order valence-electron chi connectivity index (χ2n) is 12.1. The number of carbonyl (C=O) groups excluding carboxylic acids is 4. The fourth-order valence-electron chi connectivity index (χ4n) is 5.40. The van der Waals surface area contributed by atoms with Crippen LogP contribution in [0.25, 0.3) is 11.1 Å². The molecule has 0 heterocycles. The van der Waals surface area contributed by atoms with Crippen LogP contribution in [0.2, 0.25) is 0 Å². The Morgan fingerprint density at radius 2 is 1.30 bits per heavy atom. The summed E-state index contributed by atoms with van der Waals surface area (Å²) in [6, 6.07) is 25.3. The molecule has 0 fully saturated rings. The lowest BCUT2D eigenvalue weighted by Crippen LogP contribution is -2.36. The minimum Gasteiger partial charge on any atom is -0.465 e. The van der Waals surface area contributed by atoms with Gasteiger partial charge < -0.3 is 19.1 Å². The summed E-state index contributed by atoms with van der Waals surface area (Å²) >= 11 is 0. The van der Waals surface area contributed by atoms with Crippen LogP contribution in [-0.4, -0.2) is 54.5 Å². The van der Waals surface area contributed by atoms with Gasteiger partial charge in [0.1, 0.15) is 18.8 Å². The van der Waals surface area contributed by atoms with Crippen molar-refractivity contribution in [2.24, 2.45) is 5.92 Å². The van der Waals surface area contributed by atoms with Crippen molar-refractivity contribution in [1.82, 2.24) is 4.90 Å². The number of ether oxygens (including phenoxy) is 3. The number of rotatable bonds is 13. The van der Waals surface area contributed by atoms with Gasteiger partial charge in [-0.3, -0.25) is 19.2 Å². The smallest absolute Gasteiger partial charge is 0.306 e. The van der Waals surface area contributed by atoms with E-state index in [1.54, 1.807) is 27.8 Å². The van der Waals surface area contributed by atoms with Crippen molar-refractivity contribution in [1.29, 1.82) is 0 Å². The van der Waals surface area contributed by atoms with Gasteiger partial charge in [-0.1, -0.05) is 78.9 Å². The molecule has 0 bridgehead atoms. The molecule has 3 aromatic rings. The first-order valence-corrected chi connectivity index (χ1v) is 15.0. The van der Waals surface area contributed by atoms with Crippen LogP contribution in [-0.2, 0) is 40.0 Å². The Bertz CT molecular complexity index is 1420. The van der Waals surface area contributed by atoms with E-state index in [0.29, 0.717) is 6.42 Å². The number of carbonyl (C=O) groups is 4. The van der Waals surface area contributed by atoms with Crippen LogP contribution in [0.1, 0.15) is 69.1 Å². The summed E-state index contributed by atoms with van der Waals surface area (Å²) in [6.07, 6.45) is -0.0176. The molecule has 0 spiro atoms. The zero-order valence-corrected chi connectivity index (χ0v) is 25.9. The highest BCUT2D eigenvalue weighted by molar-refractivity contribution is 5.87. The van der Waals surface area contributed by atoms with Gasteiger partial charge in [-0.15, -0.1) is 0 Å². The number of esters is 3. The summed E-state index contributed by atoms with van der Waals surface area (Å²) in [5.74, 6) is -2.98. The zero-order valence-electron chi connectivity index (χ0n) is 25.9. The molecule has 1 aliphatic rings. The summed E-state index contributed by atoms with van der Waals surface area (Å²) in [7, 11) is 1.59. The lowest BCUT2D eigenvalue weighted by molar-refractivity contribution is -0.155. The minimum absolute atomic E-state index is 0.0667. The van der Waals surface area contributed by atoms with Crippen molar-refractivity contribution in [3.8, 4) is 11.1 Å². The summed E-state index contributed by atoms with van der Waals surface area (Å²) in [5.41, 5.74) is 4.64. The van der Waals surface area contributed by atoms with Gasteiger partial charge >= 0.3 is 17.9 Å². The Morgan fingerprint density at radius 1 is 0.750 bits per heavy atom. The molecule has 0 aromatic heterocycles. The van der Waals surface area contributed by atoms with Crippen molar-refractivity contribution < 1.29 is 33.4 Å². The highest BCUT2D eigenvalue weighted by Crippen LogP contribution is 2.44. The van der Waals surface area contributed by atoms with Gasteiger partial charge in [-0.05, 0) is 55.0 Å². The van der Waals surface area contributed by atoms with Gasteiger partial charge in [0.05, 0.1) is 18.8 Å². The van der Waals surface area contributed by atoms with E-state index in [1.165, 1.54) is 4.90 Å². The van der Waals surface area contributed by atoms with Crippen molar-refractivity contribution in [2.75, 3.05) is 20.2 Å². The molecule has 0 aliphatic heterocycles. The van der Waals surface area contributed by atoms with Crippen LogP contribution >= 0.6 is 0 Å². The Hall–Kier alpha value is -4.46. The number of nitrogens with zero attached hydrogens (tertiary/aromatic N) is 1. The van der Waals surface area contributed by atoms with Crippen molar-refractivity contribution in [3.05, 3.63) is 95.6 Å². The number of amides is 1. The predicted molar refractivity (Wildman–Crippen MR) is 166 cm³/mol. The fourth-order valence-corrected chi connectivity index (χ4v) is 5.40. The molecular formula is C36H41NO7. The van der Waals surface area contributed by atoms with Gasteiger partial charge in [-0.25, -0.2) is 0 Å². The quantitative estimate of drug-likeness (QED) is 0.174. The summed E-state index contributed by atoms with van der Waals surface area (Å²) in [4.78, 5) is 53.0. The maximum Gasteiger partial charge on any atom is 0.306 e. The number of hydrogen-bond acceptors (Lipinski definition) is 7. The first-order valence-electron chi connectivity index (χ1n) is 15.0. The lowest BCUT2D eigenvalue weighted by Gasteiger charge is -2.24. The highest BCUT2D eigenvalue weighted by atomic mass is 16.6. The third kappa shape index (κ3) is 9.02. The number of hydrogen-bond donors (Lipinski definition) is 0. The molecule has 1 aliphatic carbocycles.